The van der Waals surface area contributed by atoms with Crippen molar-refractivity contribution in [3.05, 3.63) is 30.3 Å². The molecule has 3 N–H and O–H groups in total. The molecule has 1 aliphatic rings. The van der Waals surface area contributed by atoms with Crippen LogP contribution in [0.4, 0.5) is 0 Å². The lowest BCUT2D eigenvalue weighted by Crippen LogP contribution is -3.16. The van der Waals surface area contributed by atoms with Crippen molar-refractivity contribution in [3.63, 3.8) is 0 Å². The number of hydrogen-bond donors (Lipinski definition) is 3. The van der Waals surface area contributed by atoms with Gasteiger partial charge in [0.05, 0.1) is 33.2 Å². The van der Waals surface area contributed by atoms with Crippen LogP contribution in [-0.4, -0.2) is 81.7 Å². The van der Waals surface area contributed by atoms with Gasteiger partial charge in [-0.3, -0.25) is 9.59 Å². The number of piperazine rings is 1. The predicted molar refractivity (Wildman–Crippen MR) is 109 cm³/mol. The molecule has 1 unspecified atom stereocenters. The Labute approximate surface area is 168 Å². The molecule has 2 amide bonds. The third-order valence-electron chi connectivity index (χ3n) is 4.74. The Morgan fingerprint density at radius 1 is 1.18 bits per heavy atom. The van der Waals surface area contributed by atoms with Gasteiger partial charge in [0.15, 0.2) is 13.1 Å². The second-order valence-corrected chi connectivity index (χ2v) is 8.65. The van der Waals surface area contributed by atoms with Crippen LogP contribution in [0.15, 0.2) is 30.3 Å². The van der Waals surface area contributed by atoms with Gasteiger partial charge in [0.25, 0.3) is 11.8 Å². The van der Waals surface area contributed by atoms with Gasteiger partial charge in [-0.05, 0) is 32.9 Å². The number of nitrogens with zero attached hydrogens (tertiary/aromatic N) is 1. The summed E-state index contributed by atoms with van der Waals surface area (Å²) < 4.78 is 5.70. The second-order valence-electron chi connectivity index (χ2n) is 8.65. The SMILES string of the molecule is C[NH+](CCOc1ccccc1)CC(=O)N1CC[NH+](CC(=O)NC(C)(C)C)CC1. The van der Waals surface area contributed by atoms with E-state index in [1.54, 1.807) is 0 Å². The molecule has 0 aromatic heterocycles. The van der Waals surface area contributed by atoms with Gasteiger partial charge >= 0.3 is 0 Å². The number of amides is 2. The molecule has 0 spiro atoms. The number of rotatable bonds is 8. The van der Waals surface area contributed by atoms with Gasteiger partial charge in [0.2, 0.25) is 0 Å². The van der Waals surface area contributed by atoms with E-state index in [0.717, 1.165) is 30.3 Å². The maximum atomic E-state index is 12.5. The number of nitrogens with one attached hydrogen (secondary N) is 3. The first-order chi connectivity index (χ1) is 13.2. The molecular weight excluding hydrogens is 356 g/mol. The lowest BCUT2D eigenvalue weighted by atomic mass is 10.1. The van der Waals surface area contributed by atoms with Crippen LogP contribution in [0.5, 0.6) is 5.75 Å². The Bertz CT molecular complexity index is 622. The van der Waals surface area contributed by atoms with E-state index in [4.69, 9.17) is 4.74 Å². The standard InChI is InChI=1S/C21H34N4O3/c1-21(2,3)22-19(26)16-24-10-12-25(13-11-24)20(27)17-23(4)14-15-28-18-8-6-5-7-9-18/h5-9H,10-17H2,1-4H3,(H,22,26)/p+2. The number of hydrogen-bond acceptors (Lipinski definition) is 3. The highest BCUT2D eigenvalue weighted by Gasteiger charge is 2.27. The molecule has 1 atom stereocenters. The zero-order chi connectivity index (χ0) is 20.6. The lowest BCUT2D eigenvalue weighted by molar-refractivity contribution is -0.896. The van der Waals surface area contributed by atoms with Crippen molar-refractivity contribution >= 4 is 11.8 Å². The summed E-state index contributed by atoms with van der Waals surface area (Å²) in [5.74, 6) is 1.11. The fourth-order valence-corrected chi connectivity index (χ4v) is 3.26. The molecule has 1 fully saturated rings. The number of carbonyl (C=O) groups is 2. The minimum atomic E-state index is -0.202. The van der Waals surface area contributed by atoms with Gasteiger partial charge in [0, 0.05) is 5.54 Å². The number of carbonyl (C=O) groups excluding carboxylic acids is 2. The van der Waals surface area contributed by atoms with Crippen molar-refractivity contribution in [3.8, 4) is 5.75 Å². The highest BCUT2D eigenvalue weighted by molar-refractivity contribution is 5.78. The van der Waals surface area contributed by atoms with Gasteiger partial charge < -0.3 is 24.8 Å². The van der Waals surface area contributed by atoms with Crippen LogP contribution in [0.1, 0.15) is 20.8 Å². The fourth-order valence-electron chi connectivity index (χ4n) is 3.26. The summed E-state index contributed by atoms with van der Waals surface area (Å²) in [7, 11) is 2.02. The molecule has 0 saturated carbocycles. The monoisotopic (exact) mass is 392 g/mol. The van der Waals surface area contributed by atoms with Crippen molar-refractivity contribution in [2.24, 2.45) is 0 Å². The molecule has 0 bridgehead atoms. The first-order valence-corrected chi connectivity index (χ1v) is 10.1. The average Bonchev–Trinajstić information content (AvgIpc) is 2.61. The van der Waals surface area contributed by atoms with Crippen LogP contribution in [0.3, 0.4) is 0 Å². The number of likely N-dealkylation sites (N-methyl/N-ethyl adjacent to an activating group) is 1. The maximum Gasteiger partial charge on any atom is 0.278 e. The quantitative estimate of drug-likeness (QED) is 0.490. The Morgan fingerprint density at radius 3 is 2.43 bits per heavy atom. The number of ether oxygens (including phenoxy) is 1. The Morgan fingerprint density at radius 2 is 1.82 bits per heavy atom. The highest BCUT2D eigenvalue weighted by atomic mass is 16.5. The third-order valence-corrected chi connectivity index (χ3v) is 4.74. The van der Waals surface area contributed by atoms with Gasteiger partial charge in [-0.1, -0.05) is 18.2 Å². The van der Waals surface area contributed by atoms with Crippen molar-refractivity contribution in [1.29, 1.82) is 0 Å². The molecule has 1 saturated heterocycles. The molecule has 2 rings (SSSR count). The molecule has 0 radical (unpaired) electrons. The first kappa shape index (κ1) is 22.2. The average molecular weight is 393 g/mol. The molecule has 1 aromatic rings. The maximum absolute atomic E-state index is 12.5. The zero-order valence-electron chi connectivity index (χ0n) is 17.7. The lowest BCUT2D eigenvalue weighted by Gasteiger charge is -2.32. The van der Waals surface area contributed by atoms with E-state index in [1.165, 1.54) is 4.90 Å². The summed E-state index contributed by atoms with van der Waals surface area (Å²) in [5, 5.41) is 3.00. The van der Waals surface area contributed by atoms with Crippen LogP contribution >= 0.6 is 0 Å². The Balaban J connectivity index is 1.63. The molecule has 0 aliphatic carbocycles. The largest absolute Gasteiger partial charge is 0.488 e. The summed E-state index contributed by atoms with van der Waals surface area (Å²) in [6.07, 6.45) is 0. The Hall–Kier alpha value is -2.12. The van der Waals surface area contributed by atoms with E-state index in [0.29, 0.717) is 32.8 Å². The van der Waals surface area contributed by atoms with E-state index in [9.17, 15) is 9.59 Å². The minimum absolute atomic E-state index is 0.0740. The van der Waals surface area contributed by atoms with Crippen LogP contribution in [0.25, 0.3) is 0 Å². The smallest absolute Gasteiger partial charge is 0.278 e. The summed E-state index contributed by atoms with van der Waals surface area (Å²) in [6, 6.07) is 9.73. The van der Waals surface area contributed by atoms with Crippen LogP contribution < -0.4 is 19.9 Å². The van der Waals surface area contributed by atoms with Crippen LogP contribution in [-0.2, 0) is 9.59 Å². The van der Waals surface area contributed by atoms with Gasteiger partial charge in [-0.25, -0.2) is 0 Å². The van der Waals surface area contributed by atoms with E-state index in [1.807, 2.05) is 63.1 Å². The van der Waals surface area contributed by atoms with E-state index in [2.05, 4.69) is 5.32 Å². The van der Waals surface area contributed by atoms with Crippen molar-refractivity contribution in [1.82, 2.24) is 10.2 Å². The van der Waals surface area contributed by atoms with Crippen LogP contribution in [0, 0.1) is 0 Å². The summed E-state index contributed by atoms with van der Waals surface area (Å²) in [6.45, 7) is 11.3. The molecule has 156 valence electrons. The van der Waals surface area contributed by atoms with Gasteiger partial charge in [0.1, 0.15) is 18.9 Å². The van der Waals surface area contributed by atoms with Gasteiger partial charge in [-0.15, -0.1) is 0 Å². The molecular formula is C21H36N4O3+2. The van der Waals surface area contributed by atoms with E-state index < -0.39 is 0 Å². The molecule has 28 heavy (non-hydrogen) atoms. The van der Waals surface area contributed by atoms with E-state index in [-0.39, 0.29) is 17.4 Å². The first-order valence-electron chi connectivity index (χ1n) is 10.1. The molecule has 1 aromatic carbocycles. The summed E-state index contributed by atoms with van der Waals surface area (Å²) in [5.41, 5.74) is -0.202. The second kappa shape index (κ2) is 10.4. The predicted octanol–water partition coefficient (Wildman–Crippen LogP) is -1.78. The van der Waals surface area contributed by atoms with Gasteiger partial charge in [-0.2, -0.15) is 0 Å². The van der Waals surface area contributed by atoms with Crippen molar-refractivity contribution < 1.29 is 24.1 Å². The fraction of sp³-hybridized carbons (Fsp3) is 0.619. The highest BCUT2D eigenvalue weighted by Crippen LogP contribution is 2.07. The third kappa shape index (κ3) is 8.27. The molecule has 1 heterocycles. The molecule has 7 heteroatoms. The number of quaternary nitrogens is 2. The van der Waals surface area contributed by atoms with Crippen LogP contribution in [0.2, 0.25) is 0 Å². The number of benzene rings is 1. The van der Waals surface area contributed by atoms with E-state index >= 15 is 0 Å². The number of para-hydroxylation sites is 1. The molecule has 7 nitrogen and oxygen atoms in total. The summed E-state index contributed by atoms with van der Waals surface area (Å²) in [4.78, 5) is 28.9. The molecule has 1 aliphatic heterocycles. The normalized spacial score (nSPS) is 16.5. The van der Waals surface area contributed by atoms with Crippen molar-refractivity contribution in [2.75, 3.05) is 59.5 Å². The van der Waals surface area contributed by atoms with Crippen molar-refractivity contribution in [2.45, 2.75) is 26.3 Å². The minimum Gasteiger partial charge on any atom is -0.488 e. The Kier molecular flexibility index (Phi) is 8.26. The summed E-state index contributed by atoms with van der Waals surface area (Å²) >= 11 is 0. The zero-order valence-corrected chi connectivity index (χ0v) is 17.7. The topological polar surface area (TPSA) is 67.5 Å².